The van der Waals surface area contributed by atoms with Crippen molar-refractivity contribution in [3.63, 3.8) is 0 Å². The lowest BCUT2D eigenvalue weighted by Crippen LogP contribution is -2.38. The van der Waals surface area contributed by atoms with Crippen LogP contribution in [0.5, 0.6) is 0 Å². The zero-order valence-corrected chi connectivity index (χ0v) is 9.50. The van der Waals surface area contributed by atoms with Gasteiger partial charge >= 0.3 is 6.03 Å². The van der Waals surface area contributed by atoms with Gasteiger partial charge in [0.15, 0.2) is 0 Å². The molecule has 84 valence electrons. The van der Waals surface area contributed by atoms with Gasteiger partial charge in [0.05, 0.1) is 0 Å². The summed E-state index contributed by atoms with van der Waals surface area (Å²) in [6.07, 6.45) is 5.36. The van der Waals surface area contributed by atoms with Crippen molar-refractivity contribution in [1.82, 2.24) is 10.6 Å². The quantitative estimate of drug-likeness (QED) is 0.609. The number of rotatable bonds is 4. The number of halogens is 1. The van der Waals surface area contributed by atoms with E-state index in [0.29, 0.717) is 12.4 Å². The summed E-state index contributed by atoms with van der Waals surface area (Å²) in [4.78, 5) is 11.4. The molecule has 3 nitrogen and oxygen atoms in total. The highest BCUT2D eigenvalue weighted by molar-refractivity contribution is 6.18. The molecule has 0 radical (unpaired) electrons. The molecule has 0 fully saturated rings. The molecule has 0 saturated heterocycles. The molecule has 1 atom stereocenters. The summed E-state index contributed by atoms with van der Waals surface area (Å²) in [5.41, 5.74) is 0.881. The normalized spacial score (nSPS) is 11.2. The number of benzene rings is 1. The number of hydrogen-bond acceptors (Lipinski definition) is 1. The third-order valence-corrected chi connectivity index (χ3v) is 2.14. The third kappa shape index (κ3) is 3.84. The Kier molecular flexibility index (Phi) is 5.24. The first-order valence-electron chi connectivity index (χ1n) is 4.89. The second-order valence-electron chi connectivity index (χ2n) is 3.10. The van der Waals surface area contributed by atoms with Crippen LogP contribution in [-0.2, 0) is 0 Å². The fourth-order valence-electron chi connectivity index (χ4n) is 1.21. The van der Waals surface area contributed by atoms with Crippen LogP contribution in [0.2, 0.25) is 0 Å². The standard InChI is InChI=1S/C12H13ClN2O/c1-2-11(10-6-4-3-5-7-10)15-12(16)14-9-8-13/h1,3-7,11H,8-9H2,(H2,14,15,16). The molecule has 2 amide bonds. The Labute approximate surface area is 100 Å². The van der Waals surface area contributed by atoms with Crippen molar-refractivity contribution in [3.05, 3.63) is 35.9 Å². The summed E-state index contributed by atoms with van der Waals surface area (Å²) >= 11 is 5.45. The fraction of sp³-hybridized carbons (Fsp3) is 0.250. The highest BCUT2D eigenvalue weighted by Crippen LogP contribution is 2.10. The minimum Gasteiger partial charge on any atom is -0.337 e. The molecule has 0 aliphatic rings. The Morgan fingerprint density at radius 2 is 2.12 bits per heavy atom. The average Bonchev–Trinajstić information content (AvgIpc) is 2.34. The van der Waals surface area contributed by atoms with Crippen LogP contribution in [0.3, 0.4) is 0 Å². The number of urea groups is 1. The van der Waals surface area contributed by atoms with E-state index < -0.39 is 6.04 Å². The summed E-state index contributed by atoms with van der Waals surface area (Å²) in [5, 5.41) is 5.26. The van der Waals surface area contributed by atoms with Crippen molar-refractivity contribution in [2.45, 2.75) is 6.04 Å². The van der Waals surface area contributed by atoms with E-state index in [1.807, 2.05) is 30.3 Å². The number of alkyl halides is 1. The number of nitrogens with one attached hydrogen (secondary N) is 2. The summed E-state index contributed by atoms with van der Waals surface area (Å²) in [6.45, 7) is 0.416. The minimum absolute atomic E-state index is 0.313. The molecule has 0 heterocycles. The maximum absolute atomic E-state index is 11.4. The minimum atomic E-state index is -0.420. The third-order valence-electron chi connectivity index (χ3n) is 1.96. The van der Waals surface area contributed by atoms with Crippen LogP contribution in [0.1, 0.15) is 11.6 Å². The first-order valence-corrected chi connectivity index (χ1v) is 5.42. The molecule has 2 N–H and O–H groups in total. The van der Waals surface area contributed by atoms with Gasteiger partial charge in [-0.3, -0.25) is 0 Å². The van der Waals surface area contributed by atoms with Gasteiger partial charge in [-0.05, 0) is 5.56 Å². The highest BCUT2D eigenvalue weighted by atomic mass is 35.5. The zero-order chi connectivity index (χ0) is 11.8. The molecule has 0 bridgehead atoms. The number of amides is 2. The number of hydrogen-bond donors (Lipinski definition) is 2. The van der Waals surface area contributed by atoms with Gasteiger partial charge in [-0.2, -0.15) is 0 Å². The fourth-order valence-corrected chi connectivity index (χ4v) is 1.30. The lowest BCUT2D eigenvalue weighted by Gasteiger charge is -2.13. The molecule has 0 saturated carbocycles. The first-order chi connectivity index (χ1) is 7.77. The number of carbonyl (C=O) groups is 1. The van der Waals surface area contributed by atoms with E-state index in [1.165, 1.54) is 0 Å². The van der Waals surface area contributed by atoms with Gasteiger partial charge in [-0.15, -0.1) is 18.0 Å². The summed E-state index contributed by atoms with van der Waals surface area (Å²) in [6, 6.07) is 8.64. The van der Waals surface area contributed by atoms with Gasteiger partial charge in [-0.1, -0.05) is 36.3 Å². The molecule has 0 aromatic heterocycles. The average molecular weight is 237 g/mol. The van der Waals surface area contributed by atoms with Crippen LogP contribution in [0.25, 0.3) is 0 Å². The van der Waals surface area contributed by atoms with Crippen molar-refractivity contribution in [2.24, 2.45) is 0 Å². The van der Waals surface area contributed by atoms with E-state index in [4.69, 9.17) is 18.0 Å². The van der Waals surface area contributed by atoms with E-state index in [2.05, 4.69) is 16.6 Å². The zero-order valence-electron chi connectivity index (χ0n) is 8.74. The predicted molar refractivity (Wildman–Crippen MR) is 65.3 cm³/mol. The predicted octanol–water partition coefficient (Wildman–Crippen LogP) is 1.90. The maximum Gasteiger partial charge on any atom is 0.316 e. The Bertz CT molecular complexity index is 372. The van der Waals surface area contributed by atoms with Crippen molar-refractivity contribution in [3.8, 4) is 12.3 Å². The molecular formula is C12H13ClN2O. The smallest absolute Gasteiger partial charge is 0.316 e. The highest BCUT2D eigenvalue weighted by Gasteiger charge is 2.10. The van der Waals surface area contributed by atoms with Crippen LogP contribution >= 0.6 is 11.6 Å². The molecule has 16 heavy (non-hydrogen) atoms. The molecule has 0 aliphatic heterocycles. The van der Waals surface area contributed by atoms with E-state index in [0.717, 1.165) is 5.56 Å². The van der Waals surface area contributed by atoms with Crippen molar-refractivity contribution in [2.75, 3.05) is 12.4 Å². The van der Waals surface area contributed by atoms with E-state index in [-0.39, 0.29) is 6.03 Å². The van der Waals surface area contributed by atoms with Crippen molar-refractivity contribution >= 4 is 17.6 Å². The molecule has 0 spiro atoms. The number of terminal acetylenes is 1. The van der Waals surface area contributed by atoms with Gasteiger partial charge in [-0.25, -0.2) is 4.79 Å². The lowest BCUT2D eigenvalue weighted by atomic mass is 10.1. The van der Waals surface area contributed by atoms with E-state index in [9.17, 15) is 4.79 Å². The molecule has 1 aromatic rings. The van der Waals surface area contributed by atoms with E-state index >= 15 is 0 Å². The van der Waals surface area contributed by atoms with Crippen LogP contribution in [-0.4, -0.2) is 18.5 Å². The topological polar surface area (TPSA) is 41.1 Å². The SMILES string of the molecule is C#CC(NC(=O)NCCCl)c1ccccc1. The molecule has 1 unspecified atom stereocenters. The Balaban J connectivity index is 2.57. The maximum atomic E-state index is 11.4. The lowest BCUT2D eigenvalue weighted by molar-refractivity contribution is 0.240. The molecule has 1 aromatic carbocycles. The van der Waals surface area contributed by atoms with Crippen LogP contribution in [0, 0.1) is 12.3 Å². The van der Waals surface area contributed by atoms with Gasteiger partial charge in [0.25, 0.3) is 0 Å². The van der Waals surface area contributed by atoms with Gasteiger partial charge in [0.1, 0.15) is 6.04 Å². The second-order valence-corrected chi connectivity index (χ2v) is 3.48. The van der Waals surface area contributed by atoms with Crippen LogP contribution < -0.4 is 10.6 Å². The van der Waals surface area contributed by atoms with Gasteiger partial charge in [0, 0.05) is 12.4 Å². The van der Waals surface area contributed by atoms with Gasteiger partial charge < -0.3 is 10.6 Å². The first kappa shape index (κ1) is 12.4. The molecule has 1 rings (SSSR count). The summed E-state index contributed by atoms with van der Waals surface area (Å²) < 4.78 is 0. The largest absolute Gasteiger partial charge is 0.337 e. The summed E-state index contributed by atoms with van der Waals surface area (Å²) in [7, 11) is 0. The Hall–Kier alpha value is -1.66. The van der Waals surface area contributed by atoms with Crippen molar-refractivity contribution in [1.29, 1.82) is 0 Å². The summed E-state index contributed by atoms with van der Waals surface area (Å²) in [5.74, 6) is 2.90. The van der Waals surface area contributed by atoms with Crippen LogP contribution in [0.15, 0.2) is 30.3 Å². The Morgan fingerprint density at radius 3 is 2.69 bits per heavy atom. The monoisotopic (exact) mass is 236 g/mol. The number of carbonyl (C=O) groups excluding carboxylic acids is 1. The molecule has 0 aliphatic carbocycles. The van der Waals surface area contributed by atoms with Crippen LogP contribution in [0.4, 0.5) is 4.79 Å². The van der Waals surface area contributed by atoms with E-state index in [1.54, 1.807) is 0 Å². The second kappa shape index (κ2) is 6.76. The molecule has 4 heteroatoms. The Morgan fingerprint density at radius 1 is 1.44 bits per heavy atom. The van der Waals surface area contributed by atoms with Gasteiger partial charge in [0.2, 0.25) is 0 Å². The van der Waals surface area contributed by atoms with Crippen molar-refractivity contribution < 1.29 is 4.79 Å². The molecular weight excluding hydrogens is 224 g/mol.